The molecule has 96 valence electrons. The van der Waals surface area contributed by atoms with E-state index >= 15 is 0 Å². The summed E-state index contributed by atoms with van der Waals surface area (Å²) in [5, 5.41) is 13.9. The van der Waals surface area contributed by atoms with Crippen molar-refractivity contribution in [2.45, 2.75) is 56.9 Å². The summed E-state index contributed by atoms with van der Waals surface area (Å²) >= 11 is 1.55. The second-order valence-corrected chi connectivity index (χ2v) is 6.47. The largest absolute Gasteiger partial charge is 0.397 e. The SMILES string of the molecule is N#Cc1sc(NC2CCCCC2)c(C2CC2)c1N. The molecule has 3 N–H and O–H groups in total. The van der Waals surface area contributed by atoms with Crippen LogP contribution in [-0.4, -0.2) is 6.04 Å². The van der Waals surface area contributed by atoms with Crippen LogP contribution in [-0.2, 0) is 0 Å². The van der Waals surface area contributed by atoms with Crippen LogP contribution in [0.1, 0.15) is 61.3 Å². The van der Waals surface area contributed by atoms with Crippen molar-refractivity contribution >= 4 is 22.0 Å². The average Bonchev–Trinajstić information content (AvgIpc) is 3.17. The lowest BCUT2D eigenvalue weighted by Gasteiger charge is -2.23. The molecule has 0 amide bonds. The second-order valence-electron chi connectivity index (χ2n) is 5.45. The molecule has 2 fully saturated rings. The standard InChI is InChI=1S/C14H19N3S/c15-8-11-13(16)12(9-6-7-9)14(18-11)17-10-4-2-1-3-5-10/h9-10,17H,1-7,16H2. The van der Waals surface area contributed by atoms with Crippen molar-refractivity contribution in [1.29, 1.82) is 5.26 Å². The number of nitriles is 1. The van der Waals surface area contributed by atoms with Crippen molar-refractivity contribution in [1.82, 2.24) is 0 Å². The Hall–Kier alpha value is -1.21. The summed E-state index contributed by atoms with van der Waals surface area (Å²) in [5.74, 6) is 0.606. The van der Waals surface area contributed by atoms with E-state index in [1.807, 2.05) is 0 Å². The van der Waals surface area contributed by atoms with Gasteiger partial charge in [0.25, 0.3) is 0 Å². The molecule has 0 unspecified atom stereocenters. The molecule has 1 heterocycles. The molecule has 0 spiro atoms. The van der Waals surface area contributed by atoms with Gasteiger partial charge in [-0.25, -0.2) is 0 Å². The van der Waals surface area contributed by atoms with Crippen molar-refractivity contribution in [2.24, 2.45) is 0 Å². The van der Waals surface area contributed by atoms with Gasteiger partial charge >= 0.3 is 0 Å². The van der Waals surface area contributed by atoms with Crippen LogP contribution in [0.4, 0.5) is 10.7 Å². The van der Waals surface area contributed by atoms with Crippen LogP contribution in [0, 0.1) is 11.3 Å². The predicted octanol–water partition coefficient (Wildman–Crippen LogP) is 3.82. The van der Waals surface area contributed by atoms with E-state index in [1.54, 1.807) is 11.3 Å². The normalized spacial score (nSPS) is 20.6. The van der Waals surface area contributed by atoms with Gasteiger partial charge in [0.1, 0.15) is 10.9 Å². The van der Waals surface area contributed by atoms with Gasteiger partial charge in [-0.3, -0.25) is 0 Å². The first-order valence-electron chi connectivity index (χ1n) is 6.88. The number of nitrogen functional groups attached to an aromatic ring is 1. The van der Waals surface area contributed by atoms with E-state index in [9.17, 15) is 0 Å². The molecule has 2 aliphatic carbocycles. The number of nitrogens with two attached hydrogens (primary N) is 1. The smallest absolute Gasteiger partial charge is 0.130 e. The predicted molar refractivity (Wildman–Crippen MR) is 75.9 cm³/mol. The van der Waals surface area contributed by atoms with Crippen LogP contribution in [0.2, 0.25) is 0 Å². The Morgan fingerprint density at radius 1 is 1.17 bits per heavy atom. The number of rotatable bonds is 3. The van der Waals surface area contributed by atoms with E-state index in [0.717, 1.165) is 5.69 Å². The highest BCUT2D eigenvalue weighted by Gasteiger charge is 2.32. The van der Waals surface area contributed by atoms with Gasteiger partial charge in [-0.1, -0.05) is 19.3 Å². The minimum Gasteiger partial charge on any atom is -0.397 e. The number of anilines is 2. The third-order valence-electron chi connectivity index (χ3n) is 4.01. The maximum Gasteiger partial charge on any atom is 0.130 e. The average molecular weight is 261 g/mol. The zero-order chi connectivity index (χ0) is 12.5. The quantitative estimate of drug-likeness (QED) is 0.869. The fourth-order valence-corrected chi connectivity index (χ4v) is 3.94. The number of nitrogens with zero attached hydrogens (tertiary/aromatic N) is 1. The molecule has 3 nitrogen and oxygen atoms in total. The summed E-state index contributed by atoms with van der Waals surface area (Å²) in [4.78, 5) is 0.690. The highest BCUT2D eigenvalue weighted by atomic mass is 32.1. The molecule has 2 aliphatic rings. The molecule has 4 heteroatoms. The van der Waals surface area contributed by atoms with Gasteiger partial charge in [0.05, 0.1) is 10.7 Å². The summed E-state index contributed by atoms with van der Waals surface area (Å²) in [6.45, 7) is 0. The highest BCUT2D eigenvalue weighted by Crippen LogP contribution is 2.51. The first-order valence-corrected chi connectivity index (χ1v) is 7.70. The molecule has 0 bridgehead atoms. The summed E-state index contributed by atoms with van der Waals surface area (Å²) < 4.78 is 0. The van der Waals surface area contributed by atoms with Crippen molar-refractivity contribution in [3.05, 3.63) is 10.4 Å². The van der Waals surface area contributed by atoms with E-state index in [-0.39, 0.29) is 0 Å². The summed E-state index contributed by atoms with van der Waals surface area (Å²) in [6, 6.07) is 2.81. The fraction of sp³-hybridized carbons (Fsp3) is 0.643. The fourth-order valence-electron chi connectivity index (χ4n) is 2.86. The minimum absolute atomic E-state index is 0.584. The molecule has 18 heavy (non-hydrogen) atoms. The van der Waals surface area contributed by atoms with Crippen LogP contribution in [0.25, 0.3) is 0 Å². The third-order valence-corrected chi connectivity index (χ3v) is 5.07. The number of hydrogen-bond acceptors (Lipinski definition) is 4. The lowest BCUT2D eigenvalue weighted by Crippen LogP contribution is -2.22. The molecular formula is C14H19N3S. The van der Waals surface area contributed by atoms with E-state index < -0.39 is 0 Å². The van der Waals surface area contributed by atoms with Crippen LogP contribution >= 0.6 is 11.3 Å². The monoisotopic (exact) mass is 261 g/mol. The van der Waals surface area contributed by atoms with Crippen LogP contribution in [0.3, 0.4) is 0 Å². The van der Waals surface area contributed by atoms with Gasteiger partial charge in [0.15, 0.2) is 0 Å². The molecule has 2 saturated carbocycles. The third kappa shape index (κ3) is 2.20. The van der Waals surface area contributed by atoms with Crippen LogP contribution in [0.5, 0.6) is 0 Å². The summed E-state index contributed by atoms with van der Waals surface area (Å²) in [7, 11) is 0. The van der Waals surface area contributed by atoms with E-state index in [2.05, 4.69) is 11.4 Å². The van der Waals surface area contributed by atoms with Crippen molar-refractivity contribution in [3.63, 3.8) is 0 Å². The van der Waals surface area contributed by atoms with Gasteiger partial charge in [0.2, 0.25) is 0 Å². The molecule has 1 aromatic heterocycles. The molecule has 0 radical (unpaired) electrons. The number of hydrogen-bond donors (Lipinski definition) is 2. The van der Waals surface area contributed by atoms with Crippen molar-refractivity contribution < 1.29 is 0 Å². The molecule has 0 atom stereocenters. The van der Waals surface area contributed by atoms with Crippen LogP contribution in [0.15, 0.2) is 0 Å². The lowest BCUT2D eigenvalue weighted by atomic mass is 9.95. The van der Waals surface area contributed by atoms with E-state index in [0.29, 0.717) is 16.8 Å². The molecular weight excluding hydrogens is 242 g/mol. The van der Waals surface area contributed by atoms with Gasteiger partial charge in [-0.2, -0.15) is 5.26 Å². The van der Waals surface area contributed by atoms with Gasteiger partial charge in [-0.05, 0) is 31.6 Å². The molecule has 0 aliphatic heterocycles. The Kier molecular flexibility index (Phi) is 3.17. The topological polar surface area (TPSA) is 61.8 Å². The molecule has 1 aromatic rings. The zero-order valence-corrected chi connectivity index (χ0v) is 11.4. The minimum atomic E-state index is 0.584. The Labute approximate surface area is 112 Å². The van der Waals surface area contributed by atoms with E-state index in [1.165, 1.54) is 55.5 Å². The number of nitrogens with one attached hydrogen (secondary N) is 1. The van der Waals surface area contributed by atoms with Crippen LogP contribution < -0.4 is 11.1 Å². The number of thiophene rings is 1. The van der Waals surface area contributed by atoms with Gasteiger partial charge < -0.3 is 11.1 Å². The Morgan fingerprint density at radius 3 is 2.50 bits per heavy atom. The zero-order valence-electron chi connectivity index (χ0n) is 10.5. The second kappa shape index (κ2) is 4.81. The van der Waals surface area contributed by atoms with Gasteiger partial charge in [0, 0.05) is 11.6 Å². The van der Waals surface area contributed by atoms with Crippen molar-refractivity contribution in [2.75, 3.05) is 11.1 Å². The molecule has 3 rings (SSSR count). The molecule has 0 aromatic carbocycles. The highest BCUT2D eigenvalue weighted by molar-refractivity contribution is 7.17. The first-order chi connectivity index (χ1) is 8.79. The Bertz CT molecular complexity index is 476. The molecule has 0 saturated heterocycles. The lowest BCUT2D eigenvalue weighted by molar-refractivity contribution is 0.463. The van der Waals surface area contributed by atoms with Gasteiger partial charge in [-0.15, -0.1) is 11.3 Å². The summed E-state index contributed by atoms with van der Waals surface area (Å²) in [5.41, 5.74) is 8.09. The summed E-state index contributed by atoms with van der Waals surface area (Å²) in [6.07, 6.45) is 8.97. The Morgan fingerprint density at radius 2 is 1.89 bits per heavy atom. The van der Waals surface area contributed by atoms with E-state index in [4.69, 9.17) is 11.0 Å². The maximum absolute atomic E-state index is 9.12. The maximum atomic E-state index is 9.12. The first kappa shape index (κ1) is 11.9. The van der Waals surface area contributed by atoms with Crippen molar-refractivity contribution in [3.8, 4) is 6.07 Å². The Balaban J connectivity index is 1.83.